The molecule has 1 saturated carbocycles. The van der Waals surface area contributed by atoms with Crippen LogP contribution in [0.15, 0.2) is 0 Å². The molecule has 0 heterocycles. The SMILES string of the molecule is NC(=O)C1(C(=O)O)CCC(N)CC1. The summed E-state index contributed by atoms with van der Waals surface area (Å²) >= 11 is 0. The number of amides is 1. The third-order valence-corrected chi connectivity index (χ3v) is 2.76. The minimum Gasteiger partial charge on any atom is -0.480 e. The van der Waals surface area contributed by atoms with Gasteiger partial charge in [0.15, 0.2) is 0 Å². The molecule has 0 atom stereocenters. The van der Waals surface area contributed by atoms with Gasteiger partial charge in [-0.1, -0.05) is 0 Å². The summed E-state index contributed by atoms with van der Waals surface area (Å²) in [5, 5.41) is 8.90. The van der Waals surface area contributed by atoms with Gasteiger partial charge in [-0.05, 0) is 25.7 Å². The van der Waals surface area contributed by atoms with Gasteiger partial charge in [-0.3, -0.25) is 9.59 Å². The first-order chi connectivity index (χ1) is 5.99. The van der Waals surface area contributed by atoms with Gasteiger partial charge in [0.1, 0.15) is 5.41 Å². The van der Waals surface area contributed by atoms with E-state index in [1.54, 1.807) is 0 Å². The van der Waals surface area contributed by atoms with Crippen LogP contribution in [0.25, 0.3) is 0 Å². The summed E-state index contributed by atoms with van der Waals surface area (Å²) in [7, 11) is 0. The van der Waals surface area contributed by atoms with E-state index in [1.807, 2.05) is 0 Å². The second-order valence-corrected chi connectivity index (χ2v) is 3.59. The Labute approximate surface area is 76.1 Å². The molecule has 1 aliphatic rings. The molecule has 0 radical (unpaired) electrons. The molecule has 1 fully saturated rings. The summed E-state index contributed by atoms with van der Waals surface area (Å²) in [5.41, 5.74) is 9.33. The minimum atomic E-state index is -1.37. The van der Waals surface area contributed by atoms with Crippen molar-refractivity contribution >= 4 is 11.9 Å². The number of carboxylic acid groups (broad SMARTS) is 1. The first-order valence-electron chi connectivity index (χ1n) is 4.28. The van der Waals surface area contributed by atoms with Gasteiger partial charge in [-0.2, -0.15) is 0 Å². The molecule has 5 heteroatoms. The van der Waals surface area contributed by atoms with Crippen LogP contribution < -0.4 is 11.5 Å². The van der Waals surface area contributed by atoms with E-state index in [0.717, 1.165) is 0 Å². The van der Waals surface area contributed by atoms with Gasteiger partial charge in [0.05, 0.1) is 0 Å². The second kappa shape index (κ2) is 3.33. The molecule has 0 aromatic rings. The average molecular weight is 186 g/mol. The van der Waals surface area contributed by atoms with Crippen molar-refractivity contribution < 1.29 is 14.7 Å². The van der Waals surface area contributed by atoms with Crippen LogP contribution in [0.1, 0.15) is 25.7 Å². The standard InChI is InChI=1S/C8H14N2O3/c9-5-1-3-8(4-2-5,6(10)11)7(12)13/h5H,1-4,9H2,(H2,10,11)(H,12,13). The highest BCUT2D eigenvalue weighted by atomic mass is 16.4. The van der Waals surface area contributed by atoms with Crippen molar-refractivity contribution in [1.29, 1.82) is 0 Å². The summed E-state index contributed by atoms with van der Waals surface area (Å²) < 4.78 is 0. The van der Waals surface area contributed by atoms with E-state index in [-0.39, 0.29) is 18.9 Å². The summed E-state index contributed by atoms with van der Waals surface area (Å²) in [4.78, 5) is 21.9. The van der Waals surface area contributed by atoms with Crippen LogP contribution in [0.4, 0.5) is 0 Å². The first kappa shape index (κ1) is 9.98. The van der Waals surface area contributed by atoms with Gasteiger partial charge in [-0.25, -0.2) is 0 Å². The summed E-state index contributed by atoms with van der Waals surface area (Å²) in [6.45, 7) is 0. The number of carbonyl (C=O) groups is 2. The molecule has 5 nitrogen and oxygen atoms in total. The molecular formula is C8H14N2O3. The van der Waals surface area contributed by atoms with Crippen molar-refractivity contribution in [3.63, 3.8) is 0 Å². The maximum absolute atomic E-state index is 11.0. The van der Waals surface area contributed by atoms with Crippen LogP contribution >= 0.6 is 0 Å². The van der Waals surface area contributed by atoms with E-state index in [4.69, 9.17) is 16.6 Å². The molecule has 0 unspecified atom stereocenters. The number of hydrogen-bond acceptors (Lipinski definition) is 3. The van der Waals surface area contributed by atoms with Gasteiger partial charge in [0.2, 0.25) is 5.91 Å². The lowest BCUT2D eigenvalue weighted by atomic mass is 9.72. The van der Waals surface area contributed by atoms with Gasteiger partial charge < -0.3 is 16.6 Å². The molecule has 0 spiro atoms. The number of primary amides is 1. The fourth-order valence-electron chi connectivity index (χ4n) is 1.70. The maximum Gasteiger partial charge on any atom is 0.319 e. The van der Waals surface area contributed by atoms with Crippen molar-refractivity contribution in [2.75, 3.05) is 0 Å². The molecule has 1 aliphatic carbocycles. The van der Waals surface area contributed by atoms with Crippen molar-refractivity contribution in [3.05, 3.63) is 0 Å². The summed E-state index contributed by atoms with van der Waals surface area (Å²) in [6.07, 6.45) is 1.63. The Kier molecular flexibility index (Phi) is 2.56. The molecule has 13 heavy (non-hydrogen) atoms. The molecule has 0 saturated heterocycles. The van der Waals surface area contributed by atoms with Crippen molar-refractivity contribution in [3.8, 4) is 0 Å². The van der Waals surface area contributed by atoms with Crippen LogP contribution in [-0.4, -0.2) is 23.0 Å². The summed E-state index contributed by atoms with van der Waals surface area (Å²) in [5.74, 6) is -1.86. The first-order valence-corrected chi connectivity index (χ1v) is 4.28. The second-order valence-electron chi connectivity index (χ2n) is 3.59. The molecule has 5 N–H and O–H groups in total. The number of carboxylic acids is 1. The molecule has 1 amide bonds. The Bertz CT molecular complexity index is 216. The zero-order chi connectivity index (χ0) is 10.1. The minimum absolute atomic E-state index is 0.00632. The van der Waals surface area contributed by atoms with Crippen LogP contribution in [-0.2, 0) is 9.59 Å². The molecule has 0 bridgehead atoms. The van der Waals surface area contributed by atoms with E-state index >= 15 is 0 Å². The smallest absolute Gasteiger partial charge is 0.319 e. The molecule has 0 aliphatic heterocycles. The van der Waals surface area contributed by atoms with Crippen LogP contribution in [0.5, 0.6) is 0 Å². The predicted octanol–water partition coefficient (Wildman–Crippen LogP) is -0.556. The highest BCUT2D eigenvalue weighted by molar-refractivity contribution is 6.01. The third-order valence-electron chi connectivity index (χ3n) is 2.76. The van der Waals surface area contributed by atoms with E-state index in [2.05, 4.69) is 0 Å². The highest BCUT2D eigenvalue weighted by Gasteiger charge is 2.46. The van der Waals surface area contributed by atoms with Crippen molar-refractivity contribution in [2.24, 2.45) is 16.9 Å². The lowest BCUT2D eigenvalue weighted by molar-refractivity contribution is -0.157. The molecule has 1 rings (SSSR count). The topological polar surface area (TPSA) is 106 Å². The monoisotopic (exact) mass is 186 g/mol. The van der Waals surface area contributed by atoms with Crippen molar-refractivity contribution in [2.45, 2.75) is 31.7 Å². The Morgan fingerprint density at radius 2 is 1.77 bits per heavy atom. The van der Waals surface area contributed by atoms with Crippen LogP contribution in [0, 0.1) is 5.41 Å². The van der Waals surface area contributed by atoms with Gasteiger partial charge in [-0.15, -0.1) is 0 Å². The number of aliphatic carboxylic acids is 1. The number of rotatable bonds is 2. The number of hydrogen-bond donors (Lipinski definition) is 3. The largest absolute Gasteiger partial charge is 0.480 e. The molecular weight excluding hydrogens is 172 g/mol. The lowest BCUT2D eigenvalue weighted by Crippen LogP contribution is -2.48. The predicted molar refractivity (Wildman–Crippen MR) is 45.7 cm³/mol. The van der Waals surface area contributed by atoms with Crippen molar-refractivity contribution in [1.82, 2.24) is 0 Å². The molecule has 0 aromatic heterocycles. The van der Waals surface area contributed by atoms with Gasteiger partial charge in [0.25, 0.3) is 0 Å². The highest BCUT2D eigenvalue weighted by Crippen LogP contribution is 2.35. The van der Waals surface area contributed by atoms with Crippen LogP contribution in [0.2, 0.25) is 0 Å². The third kappa shape index (κ3) is 1.65. The summed E-state index contributed by atoms with van der Waals surface area (Å²) in [6, 6.07) is 0.00632. The fourth-order valence-corrected chi connectivity index (χ4v) is 1.70. The normalized spacial score (nSPS) is 34.1. The quantitative estimate of drug-likeness (QED) is 0.502. The van der Waals surface area contributed by atoms with Gasteiger partial charge in [0, 0.05) is 6.04 Å². The average Bonchev–Trinajstić information content (AvgIpc) is 2.04. The number of carbonyl (C=O) groups excluding carboxylic acids is 1. The lowest BCUT2D eigenvalue weighted by Gasteiger charge is -2.32. The Balaban J connectivity index is 2.82. The Hall–Kier alpha value is -1.10. The van der Waals surface area contributed by atoms with E-state index < -0.39 is 17.3 Å². The fraction of sp³-hybridized carbons (Fsp3) is 0.750. The maximum atomic E-state index is 11.0. The Morgan fingerprint density at radius 3 is 2.08 bits per heavy atom. The molecule has 74 valence electrons. The Morgan fingerprint density at radius 1 is 1.31 bits per heavy atom. The van der Waals surface area contributed by atoms with Gasteiger partial charge >= 0.3 is 5.97 Å². The van der Waals surface area contributed by atoms with E-state index in [0.29, 0.717) is 12.8 Å². The van der Waals surface area contributed by atoms with E-state index in [9.17, 15) is 9.59 Å². The van der Waals surface area contributed by atoms with Crippen LogP contribution in [0.3, 0.4) is 0 Å². The van der Waals surface area contributed by atoms with E-state index in [1.165, 1.54) is 0 Å². The zero-order valence-electron chi connectivity index (χ0n) is 7.32. The molecule has 0 aromatic carbocycles. The number of nitrogens with two attached hydrogens (primary N) is 2. The zero-order valence-corrected chi connectivity index (χ0v) is 7.32.